The van der Waals surface area contributed by atoms with Gasteiger partial charge in [-0.1, -0.05) is 32.0 Å². The molecule has 2 N–H and O–H groups in total. The van der Waals surface area contributed by atoms with E-state index in [4.69, 9.17) is 10.5 Å². The number of aryl methyl sites for hydroxylation is 1. The van der Waals surface area contributed by atoms with Crippen LogP contribution in [0.2, 0.25) is 0 Å². The molecule has 0 amide bonds. The number of hydrogen-bond donors (Lipinski definition) is 1. The summed E-state index contributed by atoms with van der Waals surface area (Å²) in [4.78, 5) is 2.28. The average Bonchev–Trinajstić information content (AvgIpc) is 2.48. The van der Waals surface area contributed by atoms with Gasteiger partial charge in [-0.15, -0.1) is 0 Å². The molecule has 1 atom stereocenters. The zero-order valence-electron chi connectivity index (χ0n) is 13.3. The number of nitrogens with two attached hydrogens (primary N) is 1. The first kappa shape index (κ1) is 15.3. The van der Waals surface area contributed by atoms with Crippen molar-refractivity contribution in [1.29, 1.82) is 0 Å². The molecular formula is C17H28N2O. The summed E-state index contributed by atoms with van der Waals surface area (Å²) in [6, 6.07) is 6.40. The van der Waals surface area contributed by atoms with Crippen LogP contribution in [0.15, 0.2) is 18.2 Å². The molecule has 0 fully saturated rings. The second-order valence-electron chi connectivity index (χ2n) is 5.97. The molecule has 0 saturated carbocycles. The van der Waals surface area contributed by atoms with E-state index in [0.29, 0.717) is 0 Å². The highest BCUT2D eigenvalue weighted by atomic mass is 16.5. The van der Waals surface area contributed by atoms with E-state index in [0.717, 1.165) is 38.0 Å². The van der Waals surface area contributed by atoms with Gasteiger partial charge in [0.05, 0.1) is 12.6 Å². The topological polar surface area (TPSA) is 38.5 Å². The third-order valence-corrected chi connectivity index (χ3v) is 4.99. The molecule has 1 aliphatic rings. The summed E-state index contributed by atoms with van der Waals surface area (Å²) in [6.07, 6.45) is 4.26. The van der Waals surface area contributed by atoms with Crippen LogP contribution in [-0.2, 0) is 6.42 Å². The maximum absolute atomic E-state index is 6.70. The lowest BCUT2D eigenvalue weighted by Crippen LogP contribution is -2.51. The van der Waals surface area contributed by atoms with Gasteiger partial charge in [0.2, 0.25) is 0 Å². The fraction of sp³-hybridized carbons (Fsp3) is 0.647. The molecule has 1 aromatic rings. The molecule has 0 radical (unpaired) electrons. The van der Waals surface area contributed by atoms with Gasteiger partial charge in [0.1, 0.15) is 5.75 Å². The lowest BCUT2D eigenvalue weighted by Gasteiger charge is -2.44. The molecule has 0 aromatic heterocycles. The maximum Gasteiger partial charge on any atom is 0.127 e. The number of fused-ring (bicyclic) bond motifs is 1. The van der Waals surface area contributed by atoms with Crippen LogP contribution in [0.5, 0.6) is 5.75 Å². The monoisotopic (exact) mass is 276 g/mol. The molecule has 3 nitrogen and oxygen atoms in total. The molecule has 112 valence electrons. The van der Waals surface area contributed by atoms with E-state index in [2.05, 4.69) is 51.0 Å². The minimum absolute atomic E-state index is 0.0179. The van der Waals surface area contributed by atoms with Crippen molar-refractivity contribution in [3.05, 3.63) is 29.3 Å². The predicted octanol–water partition coefficient (Wildman–Crippen LogP) is 3.13. The van der Waals surface area contributed by atoms with Crippen molar-refractivity contribution in [2.75, 3.05) is 20.7 Å². The van der Waals surface area contributed by atoms with Crippen LogP contribution < -0.4 is 10.5 Å². The van der Waals surface area contributed by atoms with Crippen LogP contribution in [0.4, 0.5) is 0 Å². The van der Waals surface area contributed by atoms with E-state index in [1.54, 1.807) is 0 Å². The van der Waals surface area contributed by atoms with Gasteiger partial charge in [-0.25, -0.2) is 0 Å². The largest absolute Gasteiger partial charge is 0.493 e. The summed E-state index contributed by atoms with van der Waals surface area (Å²) in [5, 5.41) is 0. The quantitative estimate of drug-likeness (QED) is 0.898. The zero-order valence-corrected chi connectivity index (χ0v) is 13.3. The van der Waals surface area contributed by atoms with Crippen LogP contribution in [0.1, 0.15) is 50.3 Å². The molecule has 1 heterocycles. The number of hydrogen-bond acceptors (Lipinski definition) is 3. The van der Waals surface area contributed by atoms with Gasteiger partial charge in [-0.2, -0.15) is 0 Å². The SMILES string of the molecule is CCC(CC)(C(N)c1cccc2c1OCCC2)N(C)C. The highest BCUT2D eigenvalue weighted by Gasteiger charge is 2.38. The molecule has 1 aliphatic heterocycles. The molecule has 0 aliphatic carbocycles. The minimum atomic E-state index is -0.0273. The molecule has 0 spiro atoms. The fourth-order valence-corrected chi connectivity index (χ4v) is 3.55. The molecule has 1 aromatic carbocycles. The Morgan fingerprint density at radius 1 is 1.30 bits per heavy atom. The van der Waals surface area contributed by atoms with Gasteiger partial charge in [-0.3, -0.25) is 0 Å². The van der Waals surface area contributed by atoms with E-state index in [1.807, 2.05) is 0 Å². The maximum atomic E-state index is 6.70. The molecule has 20 heavy (non-hydrogen) atoms. The van der Waals surface area contributed by atoms with Crippen LogP contribution in [0, 0.1) is 0 Å². The summed E-state index contributed by atoms with van der Waals surface area (Å²) < 4.78 is 5.94. The Hall–Kier alpha value is -1.06. The Labute approximate surface area is 123 Å². The van der Waals surface area contributed by atoms with Gasteiger partial charge in [0.25, 0.3) is 0 Å². The van der Waals surface area contributed by atoms with Gasteiger partial charge >= 0.3 is 0 Å². The van der Waals surface area contributed by atoms with Gasteiger partial charge in [0, 0.05) is 11.1 Å². The van der Waals surface area contributed by atoms with Crippen LogP contribution in [0.25, 0.3) is 0 Å². The molecule has 0 saturated heterocycles. The van der Waals surface area contributed by atoms with Crippen molar-refractivity contribution in [2.24, 2.45) is 5.73 Å². The first-order valence-corrected chi connectivity index (χ1v) is 7.74. The van der Waals surface area contributed by atoms with Crippen molar-refractivity contribution < 1.29 is 4.74 Å². The van der Waals surface area contributed by atoms with Crippen molar-refractivity contribution in [3.8, 4) is 5.75 Å². The van der Waals surface area contributed by atoms with E-state index in [-0.39, 0.29) is 11.6 Å². The van der Waals surface area contributed by atoms with Crippen LogP contribution in [0.3, 0.4) is 0 Å². The highest BCUT2D eigenvalue weighted by molar-refractivity contribution is 5.45. The first-order chi connectivity index (χ1) is 9.56. The summed E-state index contributed by atoms with van der Waals surface area (Å²) in [7, 11) is 4.26. The van der Waals surface area contributed by atoms with Crippen molar-refractivity contribution >= 4 is 0 Å². The third-order valence-electron chi connectivity index (χ3n) is 4.99. The van der Waals surface area contributed by atoms with Gasteiger partial charge < -0.3 is 15.4 Å². The van der Waals surface area contributed by atoms with E-state index < -0.39 is 0 Å². The first-order valence-electron chi connectivity index (χ1n) is 7.74. The zero-order chi connectivity index (χ0) is 14.8. The number of para-hydroxylation sites is 1. The summed E-state index contributed by atoms with van der Waals surface area (Å²) in [5.41, 5.74) is 9.16. The Morgan fingerprint density at radius 3 is 2.60 bits per heavy atom. The average molecular weight is 276 g/mol. The lowest BCUT2D eigenvalue weighted by molar-refractivity contribution is 0.104. The third kappa shape index (κ3) is 2.45. The number of nitrogens with zero attached hydrogens (tertiary/aromatic N) is 1. The number of likely N-dealkylation sites (N-methyl/N-ethyl adjacent to an activating group) is 1. The van der Waals surface area contributed by atoms with Crippen molar-refractivity contribution in [2.45, 2.75) is 51.1 Å². The molecule has 0 bridgehead atoms. The van der Waals surface area contributed by atoms with Gasteiger partial charge in [0.15, 0.2) is 0 Å². The second kappa shape index (κ2) is 6.15. The standard InChI is InChI=1S/C17H28N2O/c1-5-17(6-2,19(3)4)16(18)14-11-7-9-13-10-8-12-20-15(13)14/h7,9,11,16H,5-6,8,10,12,18H2,1-4H3. The molecule has 1 unspecified atom stereocenters. The number of rotatable bonds is 5. The van der Waals surface area contributed by atoms with E-state index in [1.165, 1.54) is 11.1 Å². The van der Waals surface area contributed by atoms with Crippen molar-refractivity contribution in [1.82, 2.24) is 4.90 Å². The normalized spacial score (nSPS) is 16.7. The molecule has 2 rings (SSSR count). The number of benzene rings is 1. The molecule has 3 heteroatoms. The lowest BCUT2D eigenvalue weighted by atomic mass is 9.79. The predicted molar refractivity (Wildman–Crippen MR) is 84.2 cm³/mol. The smallest absolute Gasteiger partial charge is 0.127 e. The van der Waals surface area contributed by atoms with E-state index >= 15 is 0 Å². The summed E-state index contributed by atoms with van der Waals surface area (Å²) >= 11 is 0. The summed E-state index contributed by atoms with van der Waals surface area (Å²) in [5.74, 6) is 1.04. The second-order valence-corrected chi connectivity index (χ2v) is 5.97. The van der Waals surface area contributed by atoms with Crippen molar-refractivity contribution in [3.63, 3.8) is 0 Å². The highest BCUT2D eigenvalue weighted by Crippen LogP contribution is 2.40. The number of ether oxygens (including phenoxy) is 1. The molecular weight excluding hydrogens is 248 g/mol. The van der Waals surface area contributed by atoms with Crippen LogP contribution in [-0.4, -0.2) is 31.1 Å². The van der Waals surface area contributed by atoms with Crippen LogP contribution >= 0.6 is 0 Å². The Morgan fingerprint density at radius 2 is 2.00 bits per heavy atom. The Bertz CT molecular complexity index is 452. The minimum Gasteiger partial charge on any atom is -0.493 e. The fourth-order valence-electron chi connectivity index (χ4n) is 3.55. The Balaban J connectivity index is 2.44. The van der Waals surface area contributed by atoms with Gasteiger partial charge in [-0.05, 0) is 45.3 Å². The summed E-state index contributed by atoms with van der Waals surface area (Å²) in [6.45, 7) is 5.25. The Kier molecular flexibility index (Phi) is 4.71. The van der Waals surface area contributed by atoms with E-state index in [9.17, 15) is 0 Å².